The molecular weight excluding hydrogens is 624 g/mol. The Morgan fingerprint density at radius 1 is 0.771 bits per heavy atom. The number of hydrogen-bond donors (Lipinski definition) is 1. The third kappa shape index (κ3) is 12.5. The normalized spacial score (nSPS) is 11.1. The van der Waals surface area contributed by atoms with E-state index in [2.05, 4.69) is 0 Å². The van der Waals surface area contributed by atoms with Crippen molar-refractivity contribution >= 4 is 23.9 Å². The molecule has 48 heavy (non-hydrogen) atoms. The molecule has 3 aromatic heterocycles. The third-order valence-corrected chi connectivity index (χ3v) is 7.18. The Bertz CT molecular complexity index is 1490. The highest BCUT2D eigenvalue weighted by Gasteiger charge is 2.19. The molecular formula is C33H44N6O9. The molecule has 3 heterocycles. The lowest BCUT2D eigenvalue weighted by Crippen LogP contribution is -2.35. The first-order chi connectivity index (χ1) is 23.1. The van der Waals surface area contributed by atoms with Gasteiger partial charge in [0.2, 0.25) is 0 Å². The second kappa shape index (κ2) is 19.8. The van der Waals surface area contributed by atoms with Gasteiger partial charge in [0.1, 0.15) is 12.4 Å². The van der Waals surface area contributed by atoms with Gasteiger partial charge in [0.05, 0.1) is 58.0 Å². The Hall–Kier alpha value is -4.73. The average Bonchev–Trinajstić information content (AvgIpc) is 3.51. The fourth-order valence-electron chi connectivity index (χ4n) is 4.79. The minimum Gasteiger partial charge on any atom is -0.468 e. The Kier molecular flexibility index (Phi) is 15.6. The van der Waals surface area contributed by atoms with Crippen molar-refractivity contribution in [3.63, 3.8) is 0 Å². The van der Waals surface area contributed by atoms with E-state index in [0.717, 1.165) is 31.2 Å². The zero-order chi connectivity index (χ0) is 34.9. The predicted molar refractivity (Wildman–Crippen MR) is 172 cm³/mol. The van der Waals surface area contributed by atoms with Crippen LogP contribution in [-0.2, 0) is 57.6 Å². The molecule has 1 N–H and O–H groups in total. The summed E-state index contributed by atoms with van der Waals surface area (Å²) in [7, 11) is 3.85. The van der Waals surface area contributed by atoms with E-state index in [1.807, 2.05) is 30.5 Å². The van der Waals surface area contributed by atoms with Crippen LogP contribution in [0.3, 0.4) is 0 Å². The molecule has 0 spiro atoms. The number of unbranched alkanes of at least 4 members (excludes halogenated alkanes) is 3. The third-order valence-electron chi connectivity index (χ3n) is 7.18. The Morgan fingerprint density at radius 2 is 1.35 bits per heavy atom. The van der Waals surface area contributed by atoms with Crippen molar-refractivity contribution in [1.29, 1.82) is 0 Å². The lowest BCUT2D eigenvalue weighted by Gasteiger charge is -2.20. The van der Waals surface area contributed by atoms with Crippen LogP contribution in [0.2, 0.25) is 0 Å². The van der Waals surface area contributed by atoms with Gasteiger partial charge in [-0.15, -0.1) is 0 Å². The number of pyridine rings is 2. The molecule has 3 aromatic rings. The van der Waals surface area contributed by atoms with Crippen molar-refractivity contribution in [2.24, 2.45) is 0 Å². The van der Waals surface area contributed by atoms with Crippen LogP contribution in [0.15, 0.2) is 42.6 Å². The number of nitrogens with zero attached hydrogens (tertiary/aromatic N) is 6. The van der Waals surface area contributed by atoms with Crippen LogP contribution in [0.5, 0.6) is 0 Å². The van der Waals surface area contributed by atoms with Gasteiger partial charge in [-0.1, -0.05) is 25.0 Å². The van der Waals surface area contributed by atoms with Crippen molar-refractivity contribution in [2.75, 3.05) is 54.3 Å². The van der Waals surface area contributed by atoms with Crippen LogP contribution in [-0.4, -0.2) is 113 Å². The number of rotatable bonds is 20. The fraction of sp³-hybridized carbons (Fsp3) is 0.485. The number of aliphatic hydroxyl groups is 1. The van der Waals surface area contributed by atoms with Crippen molar-refractivity contribution in [2.45, 2.75) is 52.1 Å². The first-order valence-electron chi connectivity index (χ1n) is 15.6. The Balaban J connectivity index is 1.93. The van der Waals surface area contributed by atoms with E-state index < -0.39 is 23.9 Å². The van der Waals surface area contributed by atoms with Crippen molar-refractivity contribution in [3.8, 4) is 17.2 Å². The van der Waals surface area contributed by atoms with Gasteiger partial charge in [-0.3, -0.25) is 29.0 Å². The van der Waals surface area contributed by atoms with Gasteiger partial charge in [-0.05, 0) is 43.5 Å². The van der Waals surface area contributed by atoms with Gasteiger partial charge >= 0.3 is 23.9 Å². The lowest BCUT2D eigenvalue weighted by molar-refractivity contribution is -0.151. The summed E-state index contributed by atoms with van der Waals surface area (Å²) >= 11 is 0. The highest BCUT2D eigenvalue weighted by Crippen LogP contribution is 2.25. The average molecular weight is 669 g/mol. The van der Waals surface area contributed by atoms with Crippen molar-refractivity contribution < 1.29 is 43.2 Å². The second-order valence-electron chi connectivity index (χ2n) is 11.0. The fourth-order valence-corrected chi connectivity index (χ4v) is 4.79. The molecule has 0 aliphatic rings. The van der Waals surface area contributed by atoms with E-state index in [9.17, 15) is 24.3 Å². The lowest BCUT2D eigenvalue weighted by atomic mass is 10.0. The van der Waals surface area contributed by atoms with Crippen LogP contribution in [0, 0.1) is 0 Å². The zero-order valence-corrected chi connectivity index (χ0v) is 27.9. The number of aliphatic hydroxyl groups excluding tert-OH is 1. The van der Waals surface area contributed by atoms with Gasteiger partial charge in [-0.25, -0.2) is 14.6 Å². The molecule has 0 saturated heterocycles. The Labute approximate surface area is 279 Å². The number of methoxy groups -OCH3 is 3. The van der Waals surface area contributed by atoms with Crippen LogP contribution in [0.1, 0.15) is 49.6 Å². The molecule has 0 atom stereocenters. The molecule has 3 rings (SSSR count). The molecule has 0 fully saturated rings. The van der Waals surface area contributed by atoms with Crippen LogP contribution >= 0.6 is 0 Å². The summed E-state index contributed by atoms with van der Waals surface area (Å²) in [5.41, 5.74) is 3.44. The summed E-state index contributed by atoms with van der Waals surface area (Å²) in [6.07, 6.45) is 6.07. The highest BCUT2D eigenvalue weighted by molar-refractivity contribution is 5.75. The first-order valence-corrected chi connectivity index (χ1v) is 15.6. The maximum atomic E-state index is 12.0. The largest absolute Gasteiger partial charge is 0.468 e. The number of ether oxygens (including phenoxy) is 4. The van der Waals surface area contributed by atoms with Crippen LogP contribution < -0.4 is 0 Å². The molecule has 0 aliphatic heterocycles. The molecule has 0 amide bonds. The number of esters is 4. The van der Waals surface area contributed by atoms with Gasteiger partial charge in [-0.2, -0.15) is 5.10 Å². The first kappa shape index (κ1) is 37.7. The van der Waals surface area contributed by atoms with Crippen LogP contribution in [0.4, 0.5) is 0 Å². The quantitative estimate of drug-likeness (QED) is 0.0801. The monoisotopic (exact) mass is 668 g/mol. The number of carbonyl (C=O) groups is 4. The summed E-state index contributed by atoms with van der Waals surface area (Å²) in [6, 6.07) is 10.9. The smallest absolute Gasteiger partial charge is 0.319 e. The van der Waals surface area contributed by atoms with Gasteiger partial charge in [0.15, 0.2) is 5.82 Å². The second-order valence-corrected chi connectivity index (χ2v) is 11.0. The van der Waals surface area contributed by atoms with Gasteiger partial charge in [0.25, 0.3) is 0 Å². The molecule has 0 bridgehead atoms. The minimum atomic E-state index is -0.495. The standard InChI is InChI=1S/C33H44N6O9/c1-24(41)48-23-38(22-32(44)47-4)19-26-12-9-14-28(34-26)33-25(11-7-5-6-8-16-40)17-39(36-33)29-15-10-13-27(35-29)18-37(20-30(42)45-2)21-31(43)46-3/h9-10,12-15,17,40H,5-8,11,16,18-23H2,1-4H3. The Morgan fingerprint density at radius 3 is 1.98 bits per heavy atom. The molecule has 260 valence electrons. The number of carbonyl (C=O) groups excluding carboxylic acids is 4. The molecule has 0 unspecified atom stereocenters. The molecule has 0 saturated carbocycles. The van der Waals surface area contributed by atoms with Crippen LogP contribution in [0.25, 0.3) is 17.2 Å². The molecule has 15 heteroatoms. The summed E-state index contributed by atoms with van der Waals surface area (Å²) in [5, 5.41) is 14.1. The summed E-state index contributed by atoms with van der Waals surface area (Å²) < 4.78 is 21.2. The number of hydrogen-bond acceptors (Lipinski definition) is 14. The van der Waals surface area contributed by atoms with E-state index >= 15 is 0 Å². The summed E-state index contributed by atoms with van der Waals surface area (Å²) in [4.78, 5) is 60.2. The zero-order valence-electron chi connectivity index (χ0n) is 27.9. The van der Waals surface area contributed by atoms with E-state index in [-0.39, 0.29) is 46.1 Å². The summed E-state index contributed by atoms with van der Waals surface area (Å²) in [6.45, 7) is 1.40. The molecule has 0 aromatic carbocycles. The number of aryl methyl sites for hydroxylation is 1. The van der Waals surface area contributed by atoms with Gasteiger partial charge in [0, 0.05) is 38.4 Å². The van der Waals surface area contributed by atoms with E-state index in [4.69, 9.17) is 34.0 Å². The molecule has 0 radical (unpaired) electrons. The topological polar surface area (TPSA) is 176 Å². The molecule has 15 nitrogen and oxygen atoms in total. The van der Waals surface area contributed by atoms with E-state index in [1.54, 1.807) is 26.6 Å². The minimum absolute atomic E-state index is 0.0951. The van der Waals surface area contributed by atoms with E-state index in [0.29, 0.717) is 35.0 Å². The maximum Gasteiger partial charge on any atom is 0.319 e. The van der Waals surface area contributed by atoms with Gasteiger partial charge < -0.3 is 24.1 Å². The van der Waals surface area contributed by atoms with E-state index in [1.165, 1.54) is 28.3 Å². The SMILES string of the molecule is COC(=O)CN(COC(C)=O)Cc1cccc(-c2nn(-c3cccc(CN(CC(=O)OC)CC(=O)OC)n3)cc2CCCCCCO)n1. The summed E-state index contributed by atoms with van der Waals surface area (Å²) in [5.74, 6) is -1.42. The number of aromatic nitrogens is 4. The maximum absolute atomic E-state index is 12.0. The highest BCUT2D eigenvalue weighted by atomic mass is 16.5. The molecule has 0 aliphatic carbocycles. The van der Waals surface area contributed by atoms with Crippen molar-refractivity contribution in [3.05, 3.63) is 59.5 Å². The van der Waals surface area contributed by atoms with Crippen molar-refractivity contribution in [1.82, 2.24) is 29.5 Å². The predicted octanol–water partition coefficient (Wildman–Crippen LogP) is 2.07.